The van der Waals surface area contributed by atoms with Gasteiger partial charge in [0.1, 0.15) is 11.4 Å². The van der Waals surface area contributed by atoms with Gasteiger partial charge < -0.3 is 4.90 Å². The lowest BCUT2D eigenvalue weighted by atomic mass is 10.0. The van der Waals surface area contributed by atoms with Crippen LogP contribution in [0.1, 0.15) is 67.9 Å². The van der Waals surface area contributed by atoms with Crippen LogP contribution in [0.25, 0.3) is 0 Å². The number of alkyl halides is 3. The Morgan fingerprint density at radius 1 is 1.11 bits per heavy atom. The Hall–Kier alpha value is -3.32. The molecule has 1 aliphatic heterocycles. The third-order valence-electron chi connectivity index (χ3n) is 5.87. The number of unbranched alkanes of at least 4 members (excludes halogenated alkanes) is 2. The first-order chi connectivity index (χ1) is 16.3. The quantitative estimate of drug-likeness (QED) is 0.189. The van der Waals surface area contributed by atoms with E-state index in [1.165, 1.54) is 43.0 Å². The topological polar surface area (TPSA) is 64.4 Å². The highest BCUT2D eigenvalue weighted by molar-refractivity contribution is 7.81. The molecule has 5 nitrogen and oxygen atoms in total. The third-order valence-corrected chi connectivity index (χ3v) is 6.24. The number of hydrogen-bond donors (Lipinski definition) is 0. The highest BCUT2D eigenvalue weighted by Crippen LogP contribution is 2.40. The van der Waals surface area contributed by atoms with Crippen molar-refractivity contribution in [3.63, 3.8) is 0 Å². The minimum Gasteiger partial charge on any atom is -0.303 e. The third kappa shape index (κ3) is 4.91. The number of ketones is 1. The summed E-state index contributed by atoms with van der Waals surface area (Å²) in [6, 6.07) is 8.25. The minimum atomic E-state index is -4.82. The molecule has 35 heavy (non-hydrogen) atoms. The second-order valence-electron chi connectivity index (χ2n) is 8.70. The number of benzene rings is 2. The molecule has 1 fully saturated rings. The molecule has 0 aromatic heterocycles. The van der Waals surface area contributed by atoms with E-state index < -0.39 is 34.6 Å². The standard InChI is InChI=1S/C25H23F4N3O2S/c1-4-5-6-7-21(33)18-11-10-17(13-20(18)26)32-23(35)31(22(34)24(32,2)3)16-9-8-15(14-30)19(12-16)25(27,28)29/h8-13H,4-7H2,1-3H3. The summed E-state index contributed by atoms with van der Waals surface area (Å²) in [6.45, 7) is 5.02. The molecule has 0 spiro atoms. The highest BCUT2D eigenvalue weighted by atomic mass is 32.1. The second-order valence-corrected chi connectivity index (χ2v) is 9.07. The number of halogens is 4. The van der Waals surface area contributed by atoms with E-state index >= 15 is 0 Å². The Labute approximate surface area is 205 Å². The predicted octanol–water partition coefficient (Wildman–Crippen LogP) is 6.40. The van der Waals surface area contributed by atoms with Crippen LogP contribution in [0.15, 0.2) is 36.4 Å². The largest absolute Gasteiger partial charge is 0.417 e. The van der Waals surface area contributed by atoms with E-state index in [-0.39, 0.29) is 34.3 Å². The average molecular weight is 506 g/mol. The predicted molar refractivity (Wildman–Crippen MR) is 128 cm³/mol. The lowest BCUT2D eigenvalue weighted by Crippen LogP contribution is -2.44. The van der Waals surface area contributed by atoms with Crippen LogP contribution in [0.3, 0.4) is 0 Å². The van der Waals surface area contributed by atoms with E-state index in [1.807, 2.05) is 6.92 Å². The summed E-state index contributed by atoms with van der Waals surface area (Å²) in [5.74, 6) is -1.73. The van der Waals surface area contributed by atoms with E-state index in [0.717, 1.165) is 29.9 Å². The van der Waals surface area contributed by atoms with Crippen LogP contribution in [-0.2, 0) is 11.0 Å². The van der Waals surface area contributed by atoms with E-state index in [0.29, 0.717) is 12.5 Å². The number of anilines is 2. The van der Waals surface area contributed by atoms with Gasteiger partial charge >= 0.3 is 6.18 Å². The van der Waals surface area contributed by atoms with Crippen molar-refractivity contribution < 1.29 is 27.2 Å². The van der Waals surface area contributed by atoms with E-state index in [4.69, 9.17) is 17.5 Å². The van der Waals surface area contributed by atoms with Gasteiger partial charge in [-0.1, -0.05) is 19.8 Å². The molecule has 0 unspecified atom stereocenters. The van der Waals surface area contributed by atoms with Gasteiger partial charge in [-0.25, -0.2) is 4.39 Å². The van der Waals surface area contributed by atoms with Crippen molar-refractivity contribution in [3.05, 3.63) is 58.9 Å². The van der Waals surface area contributed by atoms with Gasteiger partial charge in [-0.3, -0.25) is 14.5 Å². The van der Waals surface area contributed by atoms with Gasteiger partial charge in [-0.2, -0.15) is 18.4 Å². The van der Waals surface area contributed by atoms with Crippen molar-refractivity contribution >= 4 is 40.4 Å². The molecular formula is C25H23F4N3O2S. The van der Waals surface area contributed by atoms with Crippen molar-refractivity contribution in [2.45, 2.75) is 58.2 Å². The van der Waals surface area contributed by atoms with Crippen LogP contribution < -0.4 is 9.80 Å². The lowest BCUT2D eigenvalue weighted by Gasteiger charge is -2.29. The molecule has 1 heterocycles. The fourth-order valence-electron chi connectivity index (χ4n) is 4.00. The summed E-state index contributed by atoms with van der Waals surface area (Å²) in [6.07, 6.45) is -2.18. The maximum atomic E-state index is 14.9. The average Bonchev–Trinajstić information content (AvgIpc) is 2.96. The van der Waals surface area contributed by atoms with Crippen molar-refractivity contribution in [1.29, 1.82) is 5.26 Å². The number of Topliss-reactive ketones (excluding diaryl/α,β-unsaturated/α-hetero) is 1. The fourth-order valence-corrected chi connectivity index (χ4v) is 4.52. The number of amides is 1. The summed E-state index contributed by atoms with van der Waals surface area (Å²) < 4.78 is 55.3. The van der Waals surface area contributed by atoms with Gasteiger partial charge in [0.25, 0.3) is 5.91 Å². The first-order valence-corrected chi connectivity index (χ1v) is 11.4. The Morgan fingerprint density at radius 2 is 1.77 bits per heavy atom. The molecule has 0 atom stereocenters. The maximum absolute atomic E-state index is 14.9. The molecule has 1 saturated heterocycles. The summed E-state index contributed by atoms with van der Waals surface area (Å²) in [7, 11) is 0. The number of hydrogen-bond acceptors (Lipinski definition) is 4. The molecule has 1 aliphatic rings. The lowest BCUT2D eigenvalue weighted by molar-refractivity contribution is -0.137. The number of carbonyl (C=O) groups is 2. The van der Waals surface area contributed by atoms with Crippen molar-refractivity contribution in [2.24, 2.45) is 0 Å². The van der Waals surface area contributed by atoms with Crippen molar-refractivity contribution in [3.8, 4) is 6.07 Å². The number of carbonyl (C=O) groups excluding carboxylic acids is 2. The Kier molecular flexibility index (Phi) is 7.31. The van der Waals surface area contributed by atoms with Gasteiger partial charge in [-0.05, 0) is 68.9 Å². The molecule has 3 rings (SSSR count). The second kappa shape index (κ2) is 9.74. The summed E-state index contributed by atoms with van der Waals surface area (Å²) >= 11 is 5.44. The van der Waals surface area contributed by atoms with Gasteiger partial charge in [0, 0.05) is 12.1 Å². The Bertz CT molecular complexity index is 1230. The number of nitriles is 1. The van der Waals surface area contributed by atoms with Gasteiger partial charge in [0.05, 0.1) is 28.4 Å². The van der Waals surface area contributed by atoms with E-state index in [2.05, 4.69) is 0 Å². The molecule has 2 aromatic carbocycles. The molecular weight excluding hydrogens is 482 g/mol. The van der Waals surface area contributed by atoms with Crippen LogP contribution >= 0.6 is 12.2 Å². The van der Waals surface area contributed by atoms with Crippen molar-refractivity contribution in [2.75, 3.05) is 9.80 Å². The number of thiocarbonyl (C=S) groups is 1. The fraction of sp³-hybridized carbons (Fsp3) is 0.360. The SMILES string of the molecule is CCCCCC(=O)c1ccc(N2C(=S)N(c3ccc(C#N)c(C(F)(F)F)c3)C(=O)C2(C)C)cc1F. The maximum Gasteiger partial charge on any atom is 0.417 e. The van der Waals surface area contributed by atoms with Crippen LogP contribution in [-0.4, -0.2) is 22.3 Å². The van der Waals surface area contributed by atoms with E-state index in [9.17, 15) is 27.2 Å². The summed E-state index contributed by atoms with van der Waals surface area (Å²) in [5, 5.41) is 8.89. The first kappa shape index (κ1) is 26.3. The Balaban J connectivity index is 1.99. The Morgan fingerprint density at radius 3 is 2.34 bits per heavy atom. The minimum absolute atomic E-state index is 0.0714. The number of rotatable bonds is 7. The van der Waals surface area contributed by atoms with Crippen LogP contribution in [0.2, 0.25) is 0 Å². The molecule has 184 valence electrons. The monoisotopic (exact) mass is 505 g/mol. The van der Waals surface area contributed by atoms with Crippen LogP contribution in [0, 0.1) is 17.1 Å². The van der Waals surface area contributed by atoms with Crippen LogP contribution in [0.4, 0.5) is 28.9 Å². The summed E-state index contributed by atoms with van der Waals surface area (Å²) in [5.41, 5.74) is -3.19. The molecule has 0 saturated carbocycles. The molecule has 1 amide bonds. The van der Waals surface area contributed by atoms with E-state index in [1.54, 1.807) is 0 Å². The molecule has 2 aromatic rings. The first-order valence-electron chi connectivity index (χ1n) is 11.0. The normalized spacial score (nSPS) is 15.5. The zero-order valence-electron chi connectivity index (χ0n) is 19.4. The molecule has 0 radical (unpaired) electrons. The zero-order chi connectivity index (χ0) is 26.1. The molecule has 0 N–H and O–H groups in total. The smallest absolute Gasteiger partial charge is 0.303 e. The van der Waals surface area contributed by atoms with Gasteiger partial charge in [0.15, 0.2) is 10.9 Å². The molecule has 0 aliphatic carbocycles. The molecule has 10 heteroatoms. The number of nitrogens with zero attached hydrogens (tertiary/aromatic N) is 3. The summed E-state index contributed by atoms with van der Waals surface area (Å²) in [4.78, 5) is 27.9. The highest BCUT2D eigenvalue weighted by Gasteiger charge is 2.50. The molecule has 0 bridgehead atoms. The van der Waals surface area contributed by atoms with Crippen molar-refractivity contribution in [1.82, 2.24) is 0 Å². The van der Waals surface area contributed by atoms with Crippen LogP contribution in [0.5, 0.6) is 0 Å². The van der Waals surface area contributed by atoms with Gasteiger partial charge in [-0.15, -0.1) is 0 Å². The zero-order valence-corrected chi connectivity index (χ0v) is 20.2. The van der Waals surface area contributed by atoms with Gasteiger partial charge in [0.2, 0.25) is 0 Å².